The third-order valence-corrected chi connectivity index (χ3v) is 4.57. The van der Waals surface area contributed by atoms with Crippen molar-refractivity contribution in [3.05, 3.63) is 64.4 Å². The molecule has 0 bridgehead atoms. The van der Waals surface area contributed by atoms with Gasteiger partial charge in [0.05, 0.1) is 13.7 Å². The van der Waals surface area contributed by atoms with Gasteiger partial charge < -0.3 is 10.1 Å². The Labute approximate surface area is 149 Å². The number of benzene rings is 2. The highest BCUT2D eigenvalue weighted by atomic mass is 35.5. The van der Waals surface area contributed by atoms with Crippen LogP contribution in [0, 0.1) is 5.82 Å². The Hall–Kier alpha value is -2.60. The summed E-state index contributed by atoms with van der Waals surface area (Å²) in [6.45, 7) is 1.55. The second-order valence-electron chi connectivity index (χ2n) is 5.90. The molecule has 0 spiro atoms. The van der Waals surface area contributed by atoms with E-state index in [4.69, 9.17) is 16.3 Å². The number of nitrogens with zero attached hydrogens (tertiary/aromatic N) is 1. The summed E-state index contributed by atoms with van der Waals surface area (Å²) in [7, 11) is 1.37. The molecule has 1 fully saturated rings. The Morgan fingerprint density at radius 2 is 1.96 bits per heavy atom. The van der Waals surface area contributed by atoms with Gasteiger partial charge in [-0.2, -0.15) is 0 Å². The van der Waals surface area contributed by atoms with Crippen molar-refractivity contribution in [2.24, 2.45) is 0 Å². The van der Waals surface area contributed by atoms with Gasteiger partial charge in [-0.25, -0.2) is 9.18 Å². The van der Waals surface area contributed by atoms with Crippen molar-refractivity contribution in [1.82, 2.24) is 10.2 Å². The van der Waals surface area contributed by atoms with E-state index in [0.29, 0.717) is 16.1 Å². The summed E-state index contributed by atoms with van der Waals surface area (Å²) in [6, 6.07) is 10.6. The number of nitrogens with one attached hydrogen (secondary N) is 1. The maximum Gasteiger partial charge on any atom is 0.325 e. The van der Waals surface area contributed by atoms with Gasteiger partial charge in [-0.05, 0) is 30.7 Å². The molecule has 25 heavy (non-hydrogen) atoms. The normalized spacial score (nSPS) is 19.9. The van der Waals surface area contributed by atoms with Crippen molar-refractivity contribution in [2.75, 3.05) is 7.11 Å². The minimum atomic E-state index is -1.26. The maximum absolute atomic E-state index is 13.8. The molecule has 1 heterocycles. The number of carbonyl (C=O) groups is 2. The Balaban J connectivity index is 1.89. The Kier molecular flexibility index (Phi) is 4.39. The zero-order chi connectivity index (χ0) is 18.2. The minimum Gasteiger partial charge on any atom is -0.494 e. The molecule has 0 aliphatic carbocycles. The van der Waals surface area contributed by atoms with Gasteiger partial charge in [-0.1, -0.05) is 35.9 Å². The minimum absolute atomic E-state index is 0.0500. The van der Waals surface area contributed by atoms with Crippen molar-refractivity contribution in [3.63, 3.8) is 0 Å². The van der Waals surface area contributed by atoms with E-state index in [1.54, 1.807) is 37.3 Å². The maximum atomic E-state index is 13.8. The van der Waals surface area contributed by atoms with Crippen LogP contribution in [-0.4, -0.2) is 23.9 Å². The largest absolute Gasteiger partial charge is 0.494 e. The summed E-state index contributed by atoms with van der Waals surface area (Å²) in [5.74, 6) is -0.899. The molecular weight excluding hydrogens is 347 g/mol. The molecule has 0 aromatic heterocycles. The van der Waals surface area contributed by atoms with Gasteiger partial charge in [0.2, 0.25) is 0 Å². The number of hydrogen-bond acceptors (Lipinski definition) is 3. The fourth-order valence-electron chi connectivity index (χ4n) is 2.88. The monoisotopic (exact) mass is 362 g/mol. The van der Waals surface area contributed by atoms with Crippen LogP contribution in [0.15, 0.2) is 42.5 Å². The molecule has 1 aliphatic heterocycles. The summed E-state index contributed by atoms with van der Waals surface area (Å²) < 4.78 is 18.7. The number of amides is 3. The summed E-state index contributed by atoms with van der Waals surface area (Å²) in [5.41, 5.74) is -0.274. The van der Waals surface area contributed by atoms with Crippen LogP contribution in [0.3, 0.4) is 0 Å². The fraction of sp³-hybridized carbons (Fsp3) is 0.222. The van der Waals surface area contributed by atoms with Gasteiger partial charge >= 0.3 is 6.03 Å². The summed E-state index contributed by atoms with van der Waals surface area (Å²) in [5, 5.41) is 3.06. The SMILES string of the molecule is COc1ccc(CN2C(=O)N[C@@](C)(c3ccccc3Cl)C2=O)cc1F. The first-order valence-electron chi connectivity index (χ1n) is 7.58. The predicted molar refractivity (Wildman–Crippen MR) is 90.8 cm³/mol. The second-order valence-corrected chi connectivity index (χ2v) is 6.30. The molecule has 1 saturated heterocycles. The number of carbonyl (C=O) groups excluding carboxylic acids is 2. The molecule has 0 radical (unpaired) electrons. The molecule has 7 heteroatoms. The molecule has 3 rings (SSSR count). The lowest BCUT2D eigenvalue weighted by Gasteiger charge is -2.23. The first kappa shape index (κ1) is 17.2. The quantitative estimate of drug-likeness (QED) is 0.847. The average Bonchev–Trinajstić information content (AvgIpc) is 2.79. The molecule has 1 aliphatic rings. The van der Waals surface area contributed by atoms with E-state index >= 15 is 0 Å². The van der Waals surface area contributed by atoms with Crippen molar-refractivity contribution in [2.45, 2.75) is 19.0 Å². The molecule has 1 atom stereocenters. The smallest absolute Gasteiger partial charge is 0.325 e. The fourth-order valence-corrected chi connectivity index (χ4v) is 3.21. The topological polar surface area (TPSA) is 58.6 Å². The van der Waals surface area contributed by atoms with Gasteiger partial charge in [0, 0.05) is 10.6 Å². The molecule has 0 unspecified atom stereocenters. The van der Waals surface area contributed by atoms with E-state index in [1.165, 1.54) is 19.2 Å². The number of halogens is 2. The van der Waals surface area contributed by atoms with E-state index in [1.807, 2.05) is 0 Å². The third-order valence-electron chi connectivity index (χ3n) is 4.24. The lowest BCUT2D eigenvalue weighted by molar-refractivity contribution is -0.131. The highest BCUT2D eigenvalue weighted by Crippen LogP contribution is 2.34. The van der Waals surface area contributed by atoms with Gasteiger partial charge in [-0.15, -0.1) is 0 Å². The lowest BCUT2D eigenvalue weighted by Crippen LogP contribution is -2.41. The highest BCUT2D eigenvalue weighted by molar-refractivity contribution is 6.32. The Morgan fingerprint density at radius 1 is 1.24 bits per heavy atom. The predicted octanol–water partition coefficient (Wildman–Crippen LogP) is 3.45. The number of urea groups is 1. The van der Waals surface area contributed by atoms with Gasteiger partial charge in [0.1, 0.15) is 5.54 Å². The Bertz CT molecular complexity index is 858. The molecule has 2 aromatic carbocycles. The number of rotatable bonds is 4. The van der Waals surface area contributed by atoms with Crippen molar-refractivity contribution in [3.8, 4) is 5.75 Å². The lowest BCUT2D eigenvalue weighted by atomic mass is 9.92. The van der Waals surface area contributed by atoms with Crippen LogP contribution >= 0.6 is 11.6 Å². The van der Waals surface area contributed by atoms with Crippen LogP contribution in [0.4, 0.5) is 9.18 Å². The van der Waals surface area contributed by atoms with E-state index in [0.717, 1.165) is 4.90 Å². The summed E-state index contributed by atoms with van der Waals surface area (Å²) >= 11 is 6.18. The molecule has 1 N–H and O–H groups in total. The molecule has 2 aromatic rings. The van der Waals surface area contributed by atoms with Crippen molar-refractivity contribution in [1.29, 1.82) is 0 Å². The van der Waals surface area contributed by atoms with E-state index in [9.17, 15) is 14.0 Å². The first-order chi connectivity index (χ1) is 11.9. The number of hydrogen-bond donors (Lipinski definition) is 1. The number of imide groups is 1. The highest BCUT2D eigenvalue weighted by Gasteiger charge is 2.49. The first-order valence-corrected chi connectivity index (χ1v) is 7.96. The number of ether oxygens (including phenoxy) is 1. The van der Waals surface area contributed by atoms with Gasteiger partial charge in [0.25, 0.3) is 5.91 Å². The van der Waals surface area contributed by atoms with Gasteiger partial charge in [0.15, 0.2) is 11.6 Å². The van der Waals surface area contributed by atoms with Crippen LogP contribution < -0.4 is 10.1 Å². The zero-order valence-corrected chi connectivity index (χ0v) is 14.4. The van der Waals surface area contributed by atoms with E-state index in [-0.39, 0.29) is 12.3 Å². The van der Waals surface area contributed by atoms with Crippen molar-refractivity contribution < 1.29 is 18.7 Å². The van der Waals surface area contributed by atoms with Crippen LogP contribution in [0.1, 0.15) is 18.1 Å². The van der Waals surface area contributed by atoms with Crippen LogP contribution in [0.5, 0.6) is 5.75 Å². The summed E-state index contributed by atoms with van der Waals surface area (Å²) in [4.78, 5) is 26.2. The second kappa shape index (κ2) is 6.37. The van der Waals surface area contributed by atoms with E-state index < -0.39 is 23.3 Å². The molecule has 0 saturated carbocycles. The van der Waals surface area contributed by atoms with Crippen LogP contribution in [-0.2, 0) is 16.9 Å². The molecule has 130 valence electrons. The van der Waals surface area contributed by atoms with Crippen molar-refractivity contribution >= 4 is 23.5 Å². The average molecular weight is 363 g/mol. The number of methoxy groups -OCH3 is 1. The Morgan fingerprint density at radius 3 is 2.60 bits per heavy atom. The zero-order valence-electron chi connectivity index (χ0n) is 13.7. The molecule has 5 nitrogen and oxygen atoms in total. The third kappa shape index (κ3) is 2.93. The molecule has 3 amide bonds. The van der Waals surface area contributed by atoms with Gasteiger partial charge in [-0.3, -0.25) is 9.69 Å². The molecular formula is C18H16ClFN2O3. The van der Waals surface area contributed by atoms with Crippen LogP contribution in [0.2, 0.25) is 5.02 Å². The van der Waals surface area contributed by atoms with E-state index in [2.05, 4.69) is 5.32 Å². The summed E-state index contributed by atoms with van der Waals surface area (Å²) in [6.07, 6.45) is 0. The van der Waals surface area contributed by atoms with Crippen LogP contribution in [0.25, 0.3) is 0 Å². The standard InChI is InChI=1S/C18H16ClFN2O3/c1-18(12-5-3-4-6-13(12)19)16(23)22(17(24)21-18)10-11-7-8-15(25-2)14(20)9-11/h3-9H,10H2,1-2H3,(H,21,24)/t18-/m0/s1.